The molecule has 19 heavy (non-hydrogen) atoms. The number of nitrogens with zero attached hydrogens (tertiary/aromatic N) is 1. The maximum atomic E-state index is 12.1. The predicted octanol–water partition coefficient (Wildman–Crippen LogP) is 3.23. The maximum Gasteiger partial charge on any atom is 0.251 e. The van der Waals surface area contributed by atoms with E-state index in [1.165, 1.54) is 5.56 Å². The Balaban J connectivity index is 2.02. The van der Waals surface area contributed by atoms with E-state index < -0.39 is 0 Å². The van der Waals surface area contributed by atoms with E-state index in [1.807, 2.05) is 24.3 Å². The Kier molecular flexibility index (Phi) is 4.21. The maximum absolute atomic E-state index is 12.1. The highest BCUT2D eigenvalue weighted by Gasteiger charge is 2.28. The van der Waals surface area contributed by atoms with Gasteiger partial charge in [-0.25, -0.2) is 0 Å². The van der Waals surface area contributed by atoms with Crippen molar-refractivity contribution in [1.82, 2.24) is 5.32 Å². The van der Waals surface area contributed by atoms with Gasteiger partial charge in [-0.05, 0) is 42.9 Å². The highest BCUT2D eigenvalue weighted by atomic mass is 16.1. The number of hydrogen-bond donors (Lipinski definition) is 1. The van der Waals surface area contributed by atoms with E-state index in [2.05, 4.69) is 25.2 Å². The molecular formula is C16H20N2O. The summed E-state index contributed by atoms with van der Waals surface area (Å²) in [5, 5.41) is 12.0. The van der Waals surface area contributed by atoms with Crippen molar-refractivity contribution in [3.05, 3.63) is 35.4 Å². The summed E-state index contributed by atoms with van der Waals surface area (Å²) in [5.74, 6) is 0.372. The van der Waals surface area contributed by atoms with Crippen molar-refractivity contribution in [2.45, 2.75) is 45.1 Å². The molecule has 1 amide bonds. The van der Waals surface area contributed by atoms with E-state index >= 15 is 0 Å². The first-order chi connectivity index (χ1) is 9.11. The van der Waals surface area contributed by atoms with Crippen LogP contribution in [-0.4, -0.2) is 11.9 Å². The molecule has 1 aromatic carbocycles. The predicted molar refractivity (Wildman–Crippen MR) is 74.7 cm³/mol. The summed E-state index contributed by atoms with van der Waals surface area (Å²) in [7, 11) is 0. The molecular weight excluding hydrogens is 236 g/mol. The molecule has 0 heterocycles. The third-order valence-electron chi connectivity index (χ3n) is 3.84. The van der Waals surface area contributed by atoms with Crippen LogP contribution in [0, 0.1) is 17.2 Å². The Morgan fingerprint density at radius 3 is 2.58 bits per heavy atom. The van der Waals surface area contributed by atoms with Crippen LogP contribution in [0.3, 0.4) is 0 Å². The molecule has 3 nitrogen and oxygen atoms in total. The van der Waals surface area contributed by atoms with E-state index in [-0.39, 0.29) is 17.9 Å². The summed E-state index contributed by atoms with van der Waals surface area (Å²) in [5.41, 5.74) is 1.90. The molecule has 1 aliphatic carbocycles. The van der Waals surface area contributed by atoms with Crippen LogP contribution in [-0.2, 0) is 0 Å². The van der Waals surface area contributed by atoms with Gasteiger partial charge in [0, 0.05) is 11.6 Å². The first kappa shape index (κ1) is 13.6. The molecule has 0 saturated heterocycles. The molecule has 1 fully saturated rings. The van der Waals surface area contributed by atoms with Gasteiger partial charge < -0.3 is 5.32 Å². The van der Waals surface area contributed by atoms with Gasteiger partial charge >= 0.3 is 0 Å². The van der Waals surface area contributed by atoms with Gasteiger partial charge in [0.25, 0.3) is 5.91 Å². The van der Waals surface area contributed by atoms with Crippen LogP contribution in [0.1, 0.15) is 54.9 Å². The average molecular weight is 256 g/mol. The highest BCUT2D eigenvalue weighted by Crippen LogP contribution is 2.25. The first-order valence-electron chi connectivity index (χ1n) is 6.92. The number of rotatable bonds is 3. The van der Waals surface area contributed by atoms with E-state index in [4.69, 9.17) is 5.26 Å². The van der Waals surface area contributed by atoms with Gasteiger partial charge in [-0.3, -0.25) is 4.79 Å². The summed E-state index contributed by atoms with van der Waals surface area (Å²) in [6, 6.07) is 10.0. The van der Waals surface area contributed by atoms with E-state index in [1.54, 1.807) is 0 Å². The second kappa shape index (κ2) is 5.88. The lowest BCUT2D eigenvalue weighted by Gasteiger charge is -2.15. The van der Waals surface area contributed by atoms with Crippen molar-refractivity contribution in [1.29, 1.82) is 5.26 Å². The van der Waals surface area contributed by atoms with Gasteiger partial charge in [-0.1, -0.05) is 26.0 Å². The van der Waals surface area contributed by atoms with Gasteiger partial charge in [-0.2, -0.15) is 5.26 Å². The van der Waals surface area contributed by atoms with Crippen LogP contribution in [0.15, 0.2) is 24.3 Å². The zero-order valence-corrected chi connectivity index (χ0v) is 11.5. The average Bonchev–Trinajstić information content (AvgIpc) is 2.86. The van der Waals surface area contributed by atoms with Crippen molar-refractivity contribution in [2.75, 3.05) is 0 Å². The number of carbonyl (C=O) groups excluding carboxylic acids is 1. The minimum atomic E-state index is -0.0672. The van der Waals surface area contributed by atoms with Gasteiger partial charge in [0.05, 0.1) is 12.0 Å². The van der Waals surface area contributed by atoms with Gasteiger partial charge in [0.2, 0.25) is 0 Å². The molecule has 1 aromatic rings. The topological polar surface area (TPSA) is 52.9 Å². The molecule has 1 aliphatic rings. The van der Waals surface area contributed by atoms with Crippen LogP contribution in [0.25, 0.3) is 0 Å². The van der Waals surface area contributed by atoms with Crippen molar-refractivity contribution < 1.29 is 4.79 Å². The minimum absolute atomic E-state index is 0.0160. The second-order valence-electron chi connectivity index (χ2n) is 5.52. The van der Waals surface area contributed by atoms with Gasteiger partial charge in [0.15, 0.2) is 0 Å². The smallest absolute Gasteiger partial charge is 0.251 e. The second-order valence-corrected chi connectivity index (χ2v) is 5.52. The Bertz CT molecular complexity index is 484. The number of nitrogens with one attached hydrogen (secondary N) is 1. The molecule has 2 unspecified atom stereocenters. The van der Waals surface area contributed by atoms with Crippen LogP contribution in [0.5, 0.6) is 0 Å². The van der Waals surface area contributed by atoms with Crippen molar-refractivity contribution in [2.24, 2.45) is 5.92 Å². The van der Waals surface area contributed by atoms with E-state index in [0.717, 1.165) is 19.3 Å². The van der Waals surface area contributed by atoms with E-state index in [9.17, 15) is 4.79 Å². The van der Waals surface area contributed by atoms with Crippen LogP contribution in [0.4, 0.5) is 0 Å². The first-order valence-corrected chi connectivity index (χ1v) is 6.92. The number of carbonyl (C=O) groups is 1. The molecule has 2 atom stereocenters. The van der Waals surface area contributed by atoms with Gasteiger partial charge in [-0.15, -0.1) is 0 Å². The number of amides is 1. The molecule has 1 saturated carbocycles. The highest BCUT2D eigenvalue weighted by molar-refractivity contribution is 5.94. The Morgan fingerprint density at radius 1 is 1.32 bits per heavy atom. The fraction of sp³-hybridized carbons (Fsp3) is 0.500. The molecule has 0 radical (unpaired) electrons. The lowest BCUT2D eigenvalue weighted by Crippen LogP contribution is -2.36. The van der Waals surface area contributed by atoms with Crippen LogP contribution in [0.2, 0.25) is 0 Å². The normalized spacial score (nSPS) is 22.2. The Labute approximate surface area is 114 Å². The lowest BCUT2D eigenvalue weighted by molar-refractivity contribution is 0.0933. The molecule has 3 heteroatoms. The third kappa shape index (κ3) is 3.14. The Hall–Kier alpha value is -1.82. The molecule has 2 rings (SSSR count). The quantitative estimate of drug-likeness (QED) is 0.902. The molecule has 100 valence electrons. The summed E-state index contributed by atoms with van der Waals surface area (Å²) >= 11 is 0. The van der Waals surface area contributed by atoms with Gasteiger partial charge in [0.1, 0.15) is 0 Å². The minimum Gasteiger partial charge on any atom is -0.348 e. The van der Waals surface area contributed by atoms with Crippen LogP contribution < -0.4 is 5.32 Å². The van der Waals surface area contributed by atoms with Crippen molar-refractivity contribution in [3.63, 3.8) is 0 Å². The standard InChI is InChI=1S/C16H20N2O/c1-11(2)12-6-8-13(9-7-12)16(19)18-15-5-3-4-14(15)10-17/h6-9,11,14-15H,3-5H2,1-2H3,(H,18,19). The molecule has 0 spiro atoms. The molecule has 0 aromatic heterocycles. The number of nitriles is 1. The number of hydrogen-bond acceptors (Lipinski definition) is 2. The van der Waals surface area contributed by atoms with Crippen molar-refractivity contribution >= 4 is 5.91 Å². The lowest BCUT2D eigenvalue weighted by atomic mass is 10.0. The summed E-state index contributed by atoms with van der Waals surface area (Å²) in [4.78, 5) is 12.1. The zero-order valence-electron chi connectivity index (χ0n) is 11.5. The molecule has 0 aliphatic heterocycles. The monoisotopic (exact) mass is 256 g/mol. The largest absolute Gasteiger partial charge is 0.348 e. The fourth-order valence-electron chi connectivity index (χ4n) is 2.56. The Morgan fingerprint density at radius 2 is 2.00 bits per heavy atom. The zero-order chi connectivity index (χ0) is 13.8. The van der Waals surface area contributed by atoms with Crippen molar-refractivity contribution in [3.8, 4) is 6.07 Å². The van der Waals surface area contributed by atoms with Crippen LogP contribution >= 0.6 is 0 Å². The summed E-state index contributed by atoms with van der Waals surface area (Å²) in [6.07, 6.45) is 2.83. The molecule has 1 N–H and O–H groups in total. The number of benzene rings is 1. The third-order valence-corrected chi connectivity index (χ3v) is 3.84. The SMILES string of the molecule is CC(C)c1ccc(C(=O)NC2CCCC2C#N)cc1. The molecule has 0 bridgehead atoms. The fourth-order valence-corrected chi connectivity index (χ4v) is 2.56. The summed E-state index contributed by atoms with van der Waals surface area (Å²) < 4.78 is 0. The van der Waals surface area contributed by atoms with E-state index in [0.29, 0.717) is 11.5 Å². The summed E-state index contributed by atoms with van der Waals surface area (Å²) in [6.45, 7) is 4.26.